The minimum Gasteiger partial charge on any atom is -0.495 e. The van der Waals surface area contributed by atoms with Gasteiger partial charge in [-0.05, 0) is 6.07 Å². The van der Waals surface area contributed by atoms with E-state index in [-0.39, 0.29) is 0 Å². The van der Waals surface area contributed by atoms with Gasteiger partial charge in [0.25, 0.3) is 0 Å². The van der Waals surface area contributed by atoms with E-state index in [0.29, 0.717) is 5.02 Å². The van der Waals surface area contributed by atoms with Gasteiger partial charge in [0.05, 0.1) is 29.8 Å². The fraction of sp³-hybridized carbons (Fsp3) is 0.250. The first-order valence-electron chi connectivity index (χ1n) is 5.16. The first kappa shape index (κ1) is 11.8. The fourth-order valence-electron chi connectivity index (χ4n) is 1.64. The van der Waals surface area contributed by atoms with Gasteiger partial charge in [-0.3, -0.25) is 0 Å². The van der Waals surface area contributed by atoms with Crippen LogP contribution in [0.1, 0.15) is 0 Å². The molecule has 0 bridgehead atoms. The van der Waals surface area contributed by atoms with Gasteiger partial charge in [-0.2, -0.15) is 0 Å². The van der Waals surface area contributed by atoms with Gasteiger partial charge >= 0.3 is 0 Å². The Hall–Kier alpha value is -1.68. The Labute approximate surface area is 105 Å². The normalized spacial score (nSPS) is 10.4. The highest BCUT2D eigenvalue weighted by Gasteiger charge is 2.11. The maximum Gasteiger partial charge on any atom is 0.144 e. The third-order valence-electron chi connectivity index (χ3n) is 2.51. The lowest BCUT2D eigenvalue weighted by atomic mass is 10.2. The van der Waals surface area contributed by atoms with Crippen molar-refractivity contribution in [2.45, 2.75) is 0 Å². The van der Waals surface area contributed by atoms with Crippen molar-refractivity contribution in [2.75, 3.05) is 26.1 Å². The van der Waals surface area contributed by atoms with Gasteiger partial charge in [0.15, 0.2) is 0 Å². The standard InChI is InChI=1S/C12H14ClN3O/c1-15(2)11-6-9(13)10(7-12(11)17-3)16-5-4-14-8-16/h4-8H,1-3H3. The van der Waals surface area contributed by atoms with E-state index in [0.717, 1.165) is 17.1 Å². The van der Waals surface area contributed by atoms with E-state index >= 15 is 0 Å². The summed E-state index contributed by atoms with van der Waals surface area (Å²) in [5.74, 6) is 0.781. The highest BCUT2D eigenvalue weighted by Crippen LogP contribution is 2.34. The highest BCUT2D eigenvalue weighted by molar-refractivity contribution is 6.32. The zero-order valence-corrected chi connectivity index (χ0v) is 10.8. The van der Waals surface area contributed by atoms with E-state index in [1.807, 2.05) is 41.9 Å². The maximum absolute atomic E-state index is 6.26. The van der Waals surface area contributed by atoms with E-state index in [4.69, 9.17) is 16.3 Å². The number of benzene rings is 1. The highest BCUT2D eigenvalue weighted by atomic mass is 35.5. The van der Waals surface area contributed by atoms with E-state index in [2.05, 4.69) is 4.98 Å². The molecule has 2 rings (SSSR count). The summed E-state index contributed by atoms with van der Waals surface area (Å²) in [4.78, 5) is 5.97. The number of rotatable bonds is 3. The second-order valence-electron chi connectivity index (χ2n) is 3.84. The third kappa shape index (κ3) is 2.22. The van der Waals surface area contributed by atoms with Crippen LogP contribution >= 0.6 is 11.6 Å². The van der Waals surface area contributed by atoms with Crippen LogP contribution in [-0.4, -0.2) is 30.8 Å². The second-order valence-corrected chi connectivity index (χ2v) is 4.25. The summed E-state index contributed by atoms with van der Waals surface area (Å²) < 4.78 is 7.22. The van der Waals surface area contributed by atoms with Gasteiger partial charge in [0.2, 0.25) is 0 Å². The van der Waals surface area contributed by atoms with Crippen LogP contribution in [0.3, 0.4) is 0 Å². The Morgan fingerprint density at radius 2 is 2.12 bits per heavy atom. The van der Waals surface area contributed by atoms with Crippen molar-refractivity contribution < 1.29 is 4.74 Å². The van der Waals surface area contributed by atoms with Crippen LogP contribution in [0.2, 0.25) is 5.02 Å². The van der Waals surface area contributed by atoms with Crippen LogP contribution in [0.5, 0.6) is 5.75 Å². The molecule has 17 heavy (non-hydrogen) atoms. The largest absolute Gasteiger partial charge is 0.495 e. The lowest BCUT2D eigenvalue weighted by Gasteiger charge is -2.18. The van der Waals surface area contributed by atoms with Crippen LogP contribution in [0.25, 0.3) is 5.69 Å². The third-order valence-corrected chi connectivity index (χ3v) is 2.82. The number of anilines is 1. The number of imidazole rings is 1. The molecular weight excluding hydrogens is 238 g/mol. The molecule has 0 amide bonds. The van der Waals surface area contributed by atoms with Gasteiger partial charge in [-0.1, -0.05) is 11.6 Å². The molecule has 1 aromatic heterocycles. The number of hydrogen-bond donors (Lipinski definition) is 0. The minimum atomic E-state index is 0.660. The smallest absolute Gasteiger partial charge is 0.144 e. The quantitative estimate of drug-likeness (QED) is 0.840. The van der Waals surface area contributed by atoms with Crippen molar-refractivity contribution in [3.63, 3.8) is 0 Å². The number of aromatic nitrogens is 2. The number of hydrogen-bond acceptors (Lipinski definition) is 3. The summed E-state index contributed by atoms with van der Waals surface area (Å²) in [6, 6.07) is 3.79. The summed E-state index contributed by atoms with van der Waals surface area (Å²) in [5.41, 5.74) is 1.80. The summed E-state index contributed by atoms with van der Waals surface area (Å²) >= 11 is 6.26. The van der Waals surface area contributed by atoms with Crippen molar-refractivity contribution in [1.29, 1.82) is 0 Å². The van der Waals surface area contributed by atoms with Crippen LogP contribution in [-0.2, 0) is 0 Å². The number of ether oxygens (including phenoxy) is 1. The van der Waals surface area contributed by atoms with E-state index in [1.165, 1.54) is 0 Å². The second kappa shape index (κ2) is 4.67. The van der Waals surface area contributed by atoms with Crippen LogP contribution in [0.15, 0.2) is 30.9 Å². The fourth-order valence-corrected chi connectivity index (χ4v) is 1.90. The molecule has 0 aliphatic heterocycles. The lowest BCUT2D eigenvalue weighted by molar-refractivity contribution is 0.415. The SMILES string of the molecule is COc1cc(-n2ccnc2)c(Cl)cc1N(C)C. The first-order chi connectivity index (χ1) is 8.13. The van der Waals surface area contributed by atoms with Crippen molar-refractivity contribution in [1.82, 2.24) is 9.55 Å². The van der Waals surface area contributed by atoms with Gasteiger partial charge in [0.1, 0.15) is 5.75 Å². The van der Waals surface area contributed by atoms with Crippen LogP contribution < -0.4 is 9.64 Å². The van der Waals surface area contributed by atoms with Crippen molar-refractivity contribution >= 4 is 17.3 Å². The molecule has 0 N–H and O–H groups in total. The lowest BCUT2D eigenvalue weighted by Crippen LogP contribution is -2.10. The Morgan fingerprint density at radius 3 is 2.65 bits per heavy atom. The molecule has 4 nitrogen and oxygen atoms in total. The number of nitrogens with zero attached hydrogens (tertiary/aromatic N) is 3. The Bertz CT molecular complexity index is 509. The first-order valence-corrected chi connectivity index (χ1v) is 5.54. The number of halogens is 1. The van der Waals surface area contributed by atoms with Crippen LogP contribution in [0.4, 0.5) is 5.69 Å². The van der Waals surface area contributed by atoms with Gasteiger partial charge in [0, 0.05) is 32.6 Å². The minimum absolute atomic E-state index is 0.660. The molecule has 1 heterocycles. The molecule has 90 valence electrons. The van der Waals surface area contributed by atoms with Crippen molar-refractivity contribution in [3.8, 4) is 11.4 Å². The molecule has 0 unspecified atom stereocenters. The molecule has 0 saturated carbocycles. The zero-order valence-electron chi connectivity index (χ0n) is 10.0. The molecule has 0 aliphatic carbocycles. The Morgan fingerprint density at radius 1 is 1.35 bits per heavy atom. The van der Waals surface area contributed by atoms with Crippen molar-refractivity contribution in [3.05, 3.63) is 35.9 Å². The van der Waals surface area contributed by atoms with Crippen LogP contribution in [0, 0.1) is 0 Å². The van der Waals surface area contributed by atoms with Gasteiger partial charge in [-0.15, -0.1) is 0 Å². The predicted molar refractivity (Wildman–Crippen MR) is 69.5 cm³/mol. The molecule has 0 aliphatic rings. The van der Waals surface area contributed by atoms with E-state index in [9.17, 15) is 0 Å². The zero-order chi connectivity index (χ0) is 12.4. The summed E-state index contributed by atoms with van der Waals surface area (Å²) in [6.07, 6.45) is 5.26. The van der Waals surface area contributed by atoms with Gasteiger partial charge < -0.3 is 14.2 Å². The number of methoxy groups -OCH3 is 1. The Balaban J connectivity index is 2.56. The topological polar surface area (TPSA) is 30.3 Å². The van der Waals surface area contributed by atoms with Gasteiger partial charge in [-0.25, -0.2) is 4.98 Å². The molecule has 0 radical (unpaired) electrons. The average Bonchev–Trinajstić information content (AvgIpc) is 2.82. The van der Waals surface area contributed by atoms with E-state index < -0.39 is 0 Å². The summed E-state index contributed by atoms with van der Waals surface area (Å²) in [7, 11) is 5.55. The molecule has 0 fully saturated rings. The van der Waals surface area contributed by atoms with E-state index in [1.54, 1.807) is 19.6 Å². The molecular formula is C12H14ClN3O. The average molecular weight is 252 g/mol. The molecule has 0 spiro atoms. The molecule has 2 aromatic rings. The van der Waals surface area contributed by atoms with Crippen molar-refractivity contribution in [2.24, 2.45) is 0 Å². The molecule has 0 saturated heterocycles. The Kier molecular flexibility index (Phi) is 3.24. The summed E-state index contributed by atoms with van der Waals surface area (Å²) in [5, 5.41) is 0.660. The monoisotopic (exact) mass is 251 g/mol. The molecule has 1 aromatic carbocycles. The molecule has 0 atom stereocenters. The molecule has 5 heteroatoms. The maximum atomic E-state index is 6.26. The predicted octanol–water partition coefficient (Wildman–Crippen LogP) is 2.60. The summed E-state index contributed by atoms with van der Waals surface area (Å²) in [6.45, 7) is 0.